The third kappa shape index (κ3) is 2.95. The standard InChI is InChI=1S/C15H19N3O2S/c1-10-8-12-13(9-17-10)14(16)2-3-15(12)18-11-4-6-21(19,20)7-5-11/h2-3,8-9,11,18H,4-7,16H2,1H3. The van der Waals surface area contributed by atoms with E-state index in [0.29, 0.717) is 18.5 Å². The van der Waals surface area contributed by atoms with E-state index in [4.69, 9.17) is 5.73 Å². The lowest BCUT2D eigenvalue weighted by Crippen LogP contribution is -2.32. The van der Waals surface area contributed by atoms with E-state index in [1.165, 1.54) is 0 Å². The normalized spacial score (nSPS) is 18.7. The molecule has 1 aromatic heterocycles. The molecular formula is C15H19N3O2S. The van der Waals surface area contributed by atoms with Gasteiger partial charge in [0.2, 0.25) is 0 Å². The van der Waals surface area contributed by atoms with Crippen molar-refractivity contribution < 1.29 is 8.42 Å². The van der Waals surface area contributed by atoms with Crippen LogP contribution in [0.2, 0.25) is 0 Å². The topological polar surface area (TPSA) is 85.1 Å². The molecule has 2 aromatic rings. The van der Waals surface area contributed by atoms with Crippen LogP contribution in [0.15, 0.2) is 24.4 Å². The van der Waals surface area contributed by atoms with Gasteiger partial charge >= 0.3 is 0 Å². The summed E-state index contributed by atoms with van der Waals surface area (Å²) >= 11 is 0. The van der Waals surface area contributed by atoms with Crippen LogP contribution in [-0.4, -0.2) is 30.9 Å². The summed E-state index contributed by atoms with van der Waals surface area (Å²) < 4.78 is 23.0. The number of rotatable bonds is 2. The van der Waals surface area contributed by atoms with Crippen LogP contribution in [0.5, 0.6) is 0 Å². The zero-order chi connectivity index (χ0) is 15.0. The molecule has 0 atom stereocenters. The summed E-state index contributed by atoms with van der Waals surface area (Å²) in [7, 11) is -2.83. The molecule has 0 spiro atoms. The van der Waals surface area contributed by atoms with Crippen molar-refractivity contribution in [2.24, 2.45) is 0 Å². The minimum atomic E-state index is -2.83. The lowest BCUT2D eigenvalue weighted by atomic mass is 10.1. The molecule has 3 rings (SSSR count). The maximum Gasteiger partial charge on any atom is 0.150 e. The molecule has 0 aliphatic carbocycles. The van der Waals surface area contributed by atoms with Gasteiger partial charge in [0, 0.05) is 40.1 Å². The lowest BCUT2D eigenvalue weighted by molar-refractivity contribution is 0.560. The summed E-state index contributed by atoms with van der Waals surface area (Å²) in [5.41, 5.74) is 8.63. The van der Waals surface area contributed by atoms with Gasteiger partial charge in [0.15, 0.2) is 0 Å². The fourth-order valence-corrected chi connectivity index (χ4v) is 4.24. The third-order valence-corrected chi connectivity index (χ3v) is 5.70. The molecular weight excluding hydrogens is 286 g/mol. The predicted octanol–water partition coefficient (Wildman–Crippen LogP) is 2.11. The first-order valence-electron chi connectivity index (χ1n) is 7.06. The second-order valence-electron chi connectivity index (χ2n) is 5.64. The molecule has 6 heteroatoms. The number of pyridine rings is 1. The zero-order valence-corrected chi connectivity index (χ0v) is 12.8. The van der Waals surface area contributed by atoms with Crippen LogP contribution in [0, 0.1) is 6.92 Å². The number of hydrogen-bond acceptors (Lipinski definition) is 5. The van der Waals surface area contributed by atoms with Crippen LogP contribution in [-0.2, 0) is 9.84 Å². The number of sulfone groups is 1. The summed E-state index contributed by atoms with van der Waals surface area (Å²) in [4.78, 5) is 4.29. The highest BCUT2D eigenvalue weighted by Gasteiger charge is 2.23. The van der Waals surface area contributed by atoms with Gasteiger partial charge in [-0.15, -0.1) is 0 Å². The molecule has 2 heterocycles. The van der Waals surface area contributed by atoms with Gasteiger partial charge in [-0.25, -0.2) is 8.42 Å². The molecule has 1 aliphatic rings. The summed E-state index contributed by atoms with van der Waals surface area (Å²) in [6, 6.07) is 6.02. The average molecular weight is 305 g/mol. The monoisotopic (exact) mass is 305 g/mol. The summed E-state index contributed by atoms with van der Waals surface area (Å²) in [5, 5.41) is 5.43. The number of fused-ring (bicyclic) bond motifs is 1. The Morgan fingerprint density at radius 3 is 2.67 bits per heavy atom. The lowest BCUT2D eigenvalue weighted by Gasteiger charge is -2.25. The van der Waals surface area contributed by atoms with Gasteiger partial charge in [0.05, 0.1) is 11.5 Å². The first kappa shape index (κ1) is 14.1. The third-order valence-electron chi connectivity index (χ3n) is 3.99. The molecule has 5 nitrogen and oxygen atoms in total. The van der Waals surface area contributed by atoms with E-state index < -0.39 is 9.84 Å². The molecule has 21 heavy (non-hydrogen) atoms. The first-order chi connectivity index (χ1) is 9.94. The number of benzene rings is 1. The molecule has 1 saturated heterocycles. The minimum absolute atomic E-state index is 0.189. The molecule has 0 radical (unpaired) electrons. The number of nitrogens with zero attached hydrogens (tertiary/aromatic N) is 1. The molecule has 0 unspecified atom stereocenters. The molecule has 3 N–H and O–H groups in total. The van der Waals surface area contributed by atoms with Crippen LogP contribution in [0.1, 0.15) is 18.5 Å². The molecule has 0 bridgehead atoms. The Hall–Kier alpha value is -1.82. The Kier molecular flexibility index (Phi) is 3.49. The van der Waals surface area contributed by atoms with Crippen molar-refractivity contribution in [2.75, 3.05) is 22.6 Å². The van der Waals surface area contributed by atoms with E-state index in [2.05, 4.69) is 10.3 Å². The molecule has 1 fully saturated rings. The van der Waals surface area contributed by atoms with Crippen molar-refractivity contribution in [2.45, 2.75) is 25.8 Å². The second kappa shape index (κ2) is 5.18. The Morgan fingerprint density at radius 1 is 1.24 bits per heavy atom. The average Bonchev–Trinajstić information content (AvgIpc) is 2.44. The van der Waals surface area contributed by atoms with E-state index in [1.54, 1.807) is 6.20 Å². The highest BCUT2D eigenvalue weighted by atomic mass is 32.2. The summed E-state index contributed by atoms with van der Waals surface area (Å²) in [5.74, 6) is 0.524. The van der Waals surface area contributed by atoms with Crippen LogP contribution in [0.3, 0.4) is 0 Å². The number of nitrogens with one attached hydrogen (secondary N) is 1. The highest BCUT2D eigenvalue weighted by molar-refractivity contribution is 7.91. The van der Waals surface area contributed by atoms with Crippen molar-refractivity contribution in [1.29, 1.82) is 0 Å². The van der Waals surface area contributed by atoms with Crippen LogP contribution in [0.25, 0.3) is 10.8 Å². The molecule has 112 valence electrons. The SMILES string of the molecule is Cc1cc2c(NC3CCS(=O)(=O)CC3)ccc(N)c2cn1. The fourth-order valence-electron chi connectivity index (χ4n) is 2.75. The van der Waals surface area contributed by atoms with Gasteiger partial charge in [0.25, 0.3) is 0 Å². The Labute approximate surface area is 124 Å². The highest BCUT2D eigenvalue weighted by Crippen LogP contribution is 2.30. The second-order valence-corrected chi connectivity index (χ2v) is 7.95. The van der Waals surface area contributed by atoms with Gasteiger partial charge in [-0.05, 0) is 38.0 Å². The predicted molar refractivity (Wildman–Crippen MR) is 86.2 cm³/mol. The van der Waals surface area contributed by atoms with Crippen LogP contribution in [0.4, 0.5) is 11.4 Å². The number of aromatic nitrogens is 1. The van der Waals surface area contributed by atoms with Crippen molar-refractivity contribution >= 4 is 32.0 Å². The van der Waals surface area contributed by atoms with Crippen molar-refractivity contribution in [1.82, 2.24) is 4.98 Å². The molecule has 1 aromatic carbocycles. The molecule has 0 saturated carbocycles. The Morgan fingerprint density at radius 2 is 1.95 bits per heavy atom. The molecule has 1 aliphatic heterocycles. The fraction of sp³-hybridized carbons (Fsp3) is 0.400. The van der Waals surface area contributed by atoms with Gasteiger partial charge in [-0.2, -0.15) is 0 Å². The van der Waals surface area contributed by atoms with Crippen LogP contribution >= 0.6 is 0 Å². The van der Waals surface area contributed by atoms with E-state index in [-0.39, 0.29) is 17.5 Å². The van der Waals surface area contributed by atoms with E-state index in [9.17, 15) is 8.42 Å². The number of nitrogen functional groups attached to an aromatic ring is 1. The van der Waals surface area contributed by atoms with Crippen molar-refractivity contribution in [3.05, 3.63) is 30.1 Å². The van der Waals surface area contributed by atoms with Crippen LogP contribution < -0.4 is 11.1 Å². The smallest absolute Gasteiger partial charge is 0.150 e. The number of anilines is 2. The number of nitrogens with two attached hydrogens (primary N) is 1. The van der Waals surface area contributed by atoms with E-state index in [0.717, 1.165) is 22.2 Å². The quantitative estimate of drug-likeness (QED) is 0.830. The van der Waals surface area contributed by atoms with Crippen molar-refractivity contribution in [3.63, 3.8) is 0 Å². The maximum absolute atomic E-state index is 11.5. The van der Waals surface area contributed by atoms with E-state index >= 15 is 0 Å². The number of aryl methyl sites for hydroxylation is 1. The maximum atomic E-state index is 11.5. The van der Waals surface area contributed by atoms with Gasteiger partial charge in [-0.1, -0.05) is 0 Å². The Balaban J connectivity index is 1.91. The van der Waals surface area contributed by atoms with Gasteiger partial charge in [0.1, 0.15) is 9.84 Å². The minimum Gasteiger partial charge on any atom is -0.398 e. The van der Waals surface area contributed by atoms with Crippen molar-refractivity contribution in [3.8, 4) is 0 Å². The summed E-state index contributed by atoms with van der Waals surface area (Å²) in [6.07, 6.45) is 3.09. The molecule has 0 amide bonds. The zero-order valence-electron chi connectivity index (χ0n) is 12.0. The van der Waals surface area contributed by atoms with E-state index in [1.807, 2.05) is 25.1 Å². The number of hydrogen-bond donors (Lipinski definition) is 2. The largest absolute Gasteiger partial charge is 0.398 e. The van der Waals surface area contributed by atoms with Gasteiger partial charge < -0.3 is 11.1 Å². The Bertz CT molecular complexity index is 773. The van der Waals surface area contributed by atoms with Gasteiger partial charge in [-0.3, -0.25) is 4.98 Å². The summed E-state index contributed by atoms with van der Waals surface area (Å²) in [6.45, 7) is 1.94. The first-order valence-corrected chi connectivity index (χ1v) is 8.88.